The number of hydrogen-bond donors (Lipinski definition) is 2. The third-order valence-corrected chi connectivity index (χ3v) is 5.33. The molecular weight excluding hydrogens is 438 g/mol. The fourth-order valence-electron chi connectivity index (χ4n) is 3.50. The van der Waals surface area contributed by atoms with E-state index in [-0.39, 0.29) is 23.9 Å². The van der Waals surface area contributed by atoms with Crippen LogP contribution in [0.1, 0.15) is 23.6 Å². The van der Waals surface area contributed by atoms with Crippen molar-refractivity contribution in [3.05, 3.63) is 69.5 Å². The minimum Gasteiger partial charge on any atom is -0.493 e. The maximum Gasteiger partial charge on any atom is 0.353 e. The summed E-state index contributed by atoms with van der Waals surface area (Å²) in [5.41, 5.74) is 2.97. The van der Waals surface area contributed by atoms with Crippen LogP contribution in [0.4, 0.5) is 17.3 Å². The maximum atomic E-state index is 11.8. The fourth-order valence-corrected chi connectivity index (χ4v) is 3.50. The Balaban J connectivity index is 1.74. The van der Waals surface area contributed by atoms with Crippen LogP contribution < -0.4 is 24.8 Å². The molecule has 180 valence electrons. The van der Waals surface area contributed by atoms with Gasteiger partial charge in [0, 0.05) is 13.1 Å². The highest BCUT2D eigenvalue weighted by molar-refractivity contribution is 5.69. The second-order valence-corrected chi connectivity index (χ2v) is 7.41. The van der Waals surface area contributed by atoms with Gasteiger partial charge < -0.3 is 24.8 Å². The molecule has 0 saturated carbocycles. The van der Waals surface area contributed by atoms with E-state index in [0.717, 1.165) is 17.5 Å². The van der Waals surface area contributed by atoms with E-state index in [1.165, 1.54) is 33.2 Å². The number of nitrogens with zero attached hydrogens (tertiary/aromatic N) is 3. The summed E-state index contributed by atoms with van der Waals surface area (Å²) in [6, 6.07) is 11.9. The Morgan fingerprint density at radius 2 is 1.47 bits per heavy atom. The predicted octanol–water partition coefficient (Wildman–Crippen LogP) is 4.24. The molecule has 0 spiro atoms. The van der Waals surface area contributed by atoms with Crippen LogP contribution in [0.25, 0.3) is 0 Å². The first-order valence-electron chi connectivity index (χ1n) is 10.8. The van der Waals surface area contributed by atoms with Gasteiger partial charge in [0.25, 0.3) is 0 Å². The van der Waals surface area contributed by atoms with Crippen LogP contribution in [0.15, 0.2) is 42.7 Å². The Bertz CT molecular complexity index is 1100. The summed E-state index contributed by atoms with van der Waals surface area (Å²) in [5, 5.41) is 17.9. The van der Waals surface area contributed by atoms with E-state index in [0.29, 0.717) is 30.2 Å². The first-order valence-corrected chi connectivity index (χ1v) is 10.8. The first-order chi connectivity index (χ1) is 16.5. The van der Waals surface area contributed by atoms with Gasteiger partial charge in [0.1, 0.15) is 6.33 Å². The number of aromatic nitrogens is 2. The average Bonchev–Trinajstić information content (AvgIpc) is 2.86. The van der Waals surface area contributed by atoms with Gasteiger partial charge >= 0.3 is 5.69 Å². The topological polar surface area (TPSA) is 121 Å². The lowest BCUT2D eigenvalue weighted by Crippen LogP contribution is -2.12. The van der Waals surface area contributed by atoms with Crippen LogP contribution in [-0.4, -0.2) is 42.8 Å². The number of methoxy groups -OCH3 is 3. The van der Waals surface area contributed by atoms with Gasteiger partial charge in [-0.1, -0.05) is 31.2 Å². The highest BCUT2D eigenvalue weighted by atomic mass is 16.6. The number of anilines is 2. The Morgan fingerprint density at radius 1 is 0.882 bits per heavy atom. The van der Waals surface area contributed by atoms with Crippen molar-refractivity contribution in [3.63, 3.8) is 0 Å². The summed E-state index contributed by atoms with van der Waals surface area (Å²) in [5.74, 6) is 1.73. The highest BCUT2D eigenvalue weighted by Gasteiger charge is 2.23. The van der Waals surface area contributed by atoms with Crippen molar-refractivity contribution in [1.82, 2.24) is 9.97 Å². The predicted molar refractivity (Wildman–Crippen MR) is 130 cm³/mol. The Hall–Kier alpha value is -4.08. The number of aryl methyl sites for hydroxylation is 1. The van der Waals surface area contributed by atoms with E-state index in [4.69, 9.17) is 14.2 Å². The SMILES string of the molecule is CCc1ccc(CCNc2ncnc(NCc3cc(OC)c(OC)c(OC)c3)c2[N+](=O)[O-])cc1. The lowest BCUT2D eigenvalue weighted by molar-refractivity contribution is -0.383. The molecule has 2 N–H and O–H groups in total. The standard InChI is InChI=1S/C24H29N5O5/c1-5-16-6-8-17(9-7-16)10-11-25-23-21(29(30)31)24(28-15-27-23)26-14-18-12-19(32-2)22(34-4)20(13-18)33-3/h6-9,12-13,15H,5,10-11,14H2,1-4H3,(H2,25,26,27,28). The van der Waals surface area contributed by atoms with Crippen LogP contribution in [0.3, 0.4) is 0 Å². The Kier molecular flexibility index (Phi) is 8.44. The molecule has 3 aromatic rings. The quantitative estimate of drug-likeness (QED) is 0.297. The van der Waals surface area contributed by atoms with Gasteiger partial charge in [-0.2, -0.15) is 0 Å². The van der Waals surface area contributed by atoms with E-state index >= 15 is 0 Å². The molecule has 0 radical (unpaired) electrons. The largest absolute Gasteiger partial charge is 0.493 e. The summed E-state index contributed by atoms with van der Waals surface area (Å²) in [7, 11) is 4.58. The van der Waals surface area contributed by atoms with Crippen molar-refractivity contribution in [3.8, 4) is 17.2 Å². The van der Waals surface area contributed by atoms with Gasteiger partial charge in [0.15, 0.2) is 11.5 Å². The van der Waals surface area contributed by atoms with Gasteiger partial charge in [0.05, 0.1) is 26.3 Å². The van der Waals surface area contributed by atoms with Crippen molar-refractivity contribution in [1.29, 1.82) is 0 Å². The van der Waals surface area contributed by atoms with Gasteiger partial charge in [-0.25, -0.2) is 9.97 Å². The van der Waals surface area contributed by atoms with Crippen molar-refractivity contribution < 1.29 is 19.1 Å². The molecular formula is C24H29N5O5. The number of hydrogen-bond acceptors (Lipinski definition) is 9. The van der Waals surface area contributed by atoms with Gasteiger partial charge in [-0.15, -0.1) is 0 Å². The average molecular weight is 468 g/mol. The van der Waals surface area contributed by atoms with Crippen LogP contribution in [0.5, 0.6) is 17.2 Å². The lowest BCUT2D eigenvalue weighted by Gasteiger charge is -2.15. The minimum atomic E-state index is -0.490. The molecule has 0 aliphatic carbocycles. The van der Waals surface area contributed by atoms with Crippen molar-refractivity contribution in [2.75, 3.05) is 38.5 Å². The van der Waals surface area contributed by atoms with E-state index in [9.17, 15) is 10.1 Å². The summed E-state index contributed by atoms with van der Waals surface area (Å²) < 4.78 is 16.1. The van der Waals surface area contributed by atoms with Crippen LogP contribution in [-0.2, 0) is 19.4 Å². The summed E-state index contributed by atoms with van der Waals surface area (Å²) in [6.07, 6.45) is 2.99. The normalized spacial score (nSPS) is 10.5. The van der Waals surface area contributed by atoms with E-state index in [1.54, 1.807) is 12.1 Å². The smallest absolute Gasteiger partial charge is 0.353 e. The zero-order valence-electron chi connectivity index (χ0n) is 19.8. The molecule has 0 aliphatic heterocycles. The molecule has 0 fully saturated rings. The monoisotopic (exact) mass is 467 g/mol. The maximum absolute atomic E-state index is 11.8. The minimum absolute atomic E-state index is 0.114. The zero-order chi connectivity index (χ0) is 24.5. The molecule has 0 aliphatic rings. The molecule has 10 heteroatoms. The van der Waals surface area contributed by atoms with Crippen LogP contribution in [0.2, 0.25) is 0 Å². The zero-order valence-corrected chi connectivity index (χ0v) is 19.8. The van der Waals surface area contributed by atoms with Crippen molar-refractivity contribution in [2.24, 2.45) is 0 Å². The van der Waals surface area contributed by atoms with Gasteiger partial charge in [-0.05, 0) is 41.7 Å². The van der Waals surface area contributed by atoms with Gasteiger partial charge in [0.2, 0.25) is 17.4 Å². The molecule has 3 rings (SSSR count). The highest BCUT2D eigenvalue weighted by Crippen LogP contribution is 2.38. The first kappa shape index (κ1) is 24.6. The Labute approximate surface area is 198 Å². The molecule has 1 heterocycles. The lowest BCUT2D eigenvalue weighted by atomic mass is 10.1. The van der Waals surface area contributed by atoms with Gasteiger partial charge in [-0.3, -0.25) is 10.1 Å². The summed E-state index contributed by atoms with van der Waals surface area (Å²) in [4.78, 5) is 19.5. The second-order valence-electron chi connectivity index (χ2n) is 7.41. The summed E-state index contributed by atoms with van der Waals surface area (Å²) >= 11 is 0. The summed E-state index contributed by atoms with van der Waals surface area (Å²) in [6.45, 7) is 2.85. The molecule has 1 aromatic heterocycles. The molecule has 2 aromatic carbocycles. The molecule has 0 amide bonds. The third-order valence-electron chi connectivity index (χ3n) is 5.33. The molecule has 0 unspecified atom stereocenters. The number of nitro groups is 1. The molecule has 10 nitrogen and oxygen atoms in total. The fraction of sp³-hybridized carbons (Fsp3) is 0.333. The molecule has 34 heavy (non-hydrogen) atoms. The van der Waals surface area contributed by atoms with E-state index < -0.39 is 4.92 Å². The van der Waals surface area contributed by atoms with E-state index in [1.807, 2.05) is 0 Å². The number of ether oxygens (including phenoxy) is 3. The van der Waals surface area contributed by atoms with Crippen molar-refractivity contribution in [2.45, 2.75) is 26.3 Å². The third kappa shape index (κ3) is 5.83. The van der Waals surface area contributed by atoms with Crippen LogP contribution >= 0.6 is 0 Å². The van der Waals surface area contributed by atoms with E-state index in [2.05, 4.69) is 51.8 Å². The number of benzene rings is 2. The number of rotatable bonds is 12. The molecule has 0 atom stereocenters. The molecule has 0 saturated heterocycles. The second kappa shape index (κ2) is 11.7. The Morgan fingerprint density at radius 3 is 2.00 bits per heavy atom. The van der Waals surface area contributed by atoms with Crippen LogP contribution in [0, 0.1) is 10.1 Å². The van der Waals surface area contributed by atoms with Crippen molar-refractivity contribution >= 4 is 17.3 Å². The molecule has 0 bridgehead atoms. The number of nitrogens with one attached hydrogen (secondary N) is 2.